The van der Waals surface area contributed by atoms with E-state index in [1.54, 1.807) is 42.1 Å². The summed E-state index contributed by atoms with van der Waals surface area (Å²) in [4.78, 5) is 18.0. The number of carbonyl (C=O) groups is 1. The molecule has 0 aliphatic rings. The molecule has 0 saturated carbocycles. The number of hydrogen-bond donors (Lipinski definition) is 1. The van der Waals surface area contributed by atoms with Gasteiger partial charge in [0.25, 0.3) is 5.91 Å². The molecule has 0 unspecified atom stereocenters. The van der Waals surface area contributed by atoms with Gasteiger partial charge in [0.1, 0.15) is 5.02 Å². The molecular formula is C24H17Cl2F3N6OS. The van der Waals surface area contributed by atoms with E-state index in [4.69, 9.17) is 23.2 Å². The number of rotatable bonds is 5. The summed E-state index contributed by atoms with van der Waals surface area (Å²) < 4.78 is 43.9. The van der Waals surface area contributed by atoms with Crippen molar-refractivity contribution < 1.29 is 18.0 Å². The zero-order valence-corrected chi connectivity index (χ0v) is 21.6. The summed E-state index contributed by atoms with van der Waals surface area (Å²) >= 11 is 13.9. The number of nitrogens with one attached hydrogen (secondary N) is 1. The van der Waals surface area contributed by atoms with Crippen LogP contribution in [0.2, 0.25) is 10.0 Å². The van der Waals surface area contributed by atoms with Crippen LogP contribution in [-0.2, 0) is 12.7 Å². The largest absolute Gasteiger partial charge is 0.433 e. The number of aromatic nitrogens is 5. The third kappa shape index (κ3) is 4.70. The van der Waals surface area contributed by atoms with E-state index in [1.165, 1.54) is 11.3 Å². The Morgan fingerprint density at radius 3 is 2.54 bits per heavy atom. The Hall–Kier alpha value is -3.41. The van der Waals surface area contributed by atoms with Gasteiger partial charge in [-0.3, -0.25) is 9.48 Å². The highest BCUT2D eigenvalue weighted by Gasteiger charge is 2.37. The maximum absolute atomic E-state index is 13.9. The van der Waals surface area contributed by atoms with E-state index in [2.05, 4.69) is 20.5 Å². The van der Waals surface area contributed by atoms with Gasteiger partial charge in [-0.15, -0.1) is 11.3 Å². The van der Waals surface area contributed by atoms with E-state index in [0.29, 0.717) is 38.0 Å². The van der Waals surface area contributed by atoms with Gasteiger partial charge >= 0.3 is 6.18 Å². The Kier molecular flexibility index (Phi) is 6.47. The normalized spacial score (nSPS) is 11.9. The predicted molar refractivity (Wildman–Crippen MR) is 137 cm³/mol. The second kappa shape index (κ2) is 9.47. The number of fused-ring (bicyclic) bond motifs is 1. The second-order valence-corrected chi connectivity index (χ2v) is 9.88. The van der Waals surface area contributed by atoms with Crippen LogP contribution in [0.4, 0.5) is 18.9 Å². The number of hydrogen-bond acceptors (Lipinski definition) is 5. The molecule has 37 heavy (non-hydrogen) atoms. The molecular weight excluding hydrogens is 548 g/mol. The number of halogens is 5. The lowest BCUT2D eigenvalue weighted by atomic mass is 10.2. The number of carbonyl (C=O) groups excluding carboxylic acids is 1. The van der Waals surface area contributed by atoms with Crippen molar-refractivity contribution >= 4 is 51.8 Å². The lowest BCUT2D eigenvalue weighted by Crippen LogP contribution is -2.16. The monoisotopic (exact) mass is 564 g/mol. The Balaban J connectivity index is 1.52. The van der Waals surface area contributed by atoms with Crippen LogP contribution in [0.5, 0.6) is 0 Å². The third-order valence-corrected chi connectivity index (χ3v) is 7.32. The summed E-state index contributed by atoms with van der Waals surface area (Å²) in [6, 6.07) is 11.5. The minimum Gasteiger partial charge on any atom is -0.317 e. The maximum atomic E-state index is 13.9. The minimum atomic E-state index is -4.76. The fraction of sp³-hybridized carbons (Fsp3) is 0.167. The molecule has 7 nitrogen and oxygen atoms in total. The SMILES string of the molecule is Cc1nn(Cc2ccccc2Cl)c(C)c1NC(=O)c1nn2c(C(F)(F)F)cc(-c3cccs3)nc2c1Cl. The number of aryl methyl sites for hydroxylation is 1. The van der Waals surface area contributed by atoms with Gasteiger partial charge in [-0.25, -0.2) is 9.50 Å². The van der Waals surface area contributed by atoms with Gasteiger partial charge in [0.05, 0.1) is 34.2 Å². The number of thiophene rings is 1. The standard InChI is InChI=1S/C24H17Cl2F3N6OS/c1-12-20(13(2)34(32-12)11-14-6-3-4-7-15(14)25)31-23(36)21-19(26)22-30-16(17-8-5-9-37-17)10-18(24(27,28)29)35(22)33-21/h3-10H,11H2,1-2H3,(H,31,36). The van der Waals surface area contributed by atoms with Crippen LogP contribution in [0.1, 0.15) is 33.1 Å². The average Bonchev–Trinajstić information content (AvgIpc) is 3.55. The molecule has 190 valence electrons. The molecule has 1 amide bonds. The van der Waals surface area contributed by atoms with E-state index in [9.17, 15) is 18.0 Å². The highest BCUT2D eigenvalue weighted by molar-refractivity contribution is 7.13. The summed E-state index contributed by atoms with van der Waals surface area (Å²) in [6.45, 7) is 3.82. The van der Waals surface area contributed by atoms with Crippen molar-refractivity contribution in [2.24, 2.45) is 0 Å². The summed E-state index contributed by atoms with van der Waals surface area (Å²) in [5.74, 6) is -0.787. The lowest BCUT2D eigenvalue weighted by Gasteiger charge is -2.10. The molecule has 0 bridgehead atoms. The molecule has 13 heteroatoms. The predicted octanol–water partition coefficient (Wildman–Crippen LogP) is 6.90. The molecule has 0 spiro atoms. The Morgan fingerprint density at radius 2 is 1.86 bits per heavy atom. The van der Waals surface area contributed by atoms with Gasteiger partial charge < -0.3 is 5.32 Å². The highest BCUT2D eigenvalue weighted by atomic mass is 35.5. The van der Waals surface area contributed by atoms with Crippen LogP contribution in [0, 0.1) is 13.8 Å². The van der Waals surface area contributed by atoms with Crippen molar-refractivity contribution in [1.29, 1.82) is 0 Å². The topological polar surface area (TPSA) is 77.1 Å². The van der Waals surface area contributed by atoms with Crippen LogP contribution >= 0.6 is 34.5 Å². The van der Waals surface area contributed by atoms with Crippen molar-refractivity contribution in [2.75, 3.05) is 5.32 Å². The average molecular weight is 565 g/mol. The van der Waals surface area contributed by atoms with E-state index in [1.807, 2.05) is 18.2 Å². The van der Waals surface area contributed by atoms with Gasteiger partial charge in [-0.2, -0.15) is 23.4 Å². The first-order valence-corrected chi connectivity index (χ1v) is 12.5. The molecule has 0 saturated heterocycles. The molecule has 0 fully saturated rings. The number of benzene rings is 1. The number of nitrogens with zero attached hydrogens (tertiary/aromatic N) is 5. The third-order valence-electron chi connectivity index (χ3n) is 5.71. The summed E-state index contributed by atoms with van der Waals surface area (Å²) in [5, 5.41) is 13.1. The number of alkyl halides is 3. The molecule has 1 aromatic carbocycles. The van der Waals surface area contributed by atoms with Crippen LogP contribution < -0.4 is 5.32 Å². The van der Waals surface area contributed by atoms with Gasteiger partial charge in [-0.1, -0.05) is 47.5 Å². The Morgan fingerprint density at radius 1 is 1.11 bits per heavy atom. The Labute approximate surface area is 222 Å². The quantitative estimate of drug-likeness (QED) is 0.252. The smallest absolute Gasteiger partial charge is 0.317 e. The lowest BCUT2D eigenvalue weighted by molar-refractivity contribution is -0.142. The molecule has 0 aliphatic heterocycles. The fourth-order valence-corrected chi connectivity index (χ4v) is 5.01. The maximum Gasteiger partial charge on any atom is 0.433 e. The Bertz CT molecular complexity index is 1640. The van der Waals surface area contributed by atoms with Crippen molar-refractivity contribution in [3.05, 3.63) is 86.2 Å². The minimum absolute atomic E-state index is 0.0797. The van der Waals surface area contributed by atoms with Gasteiger partial charge in [-0.05, 0) is 43.0 Å². The first-order chi connectivity index (χ1) is 17.5. The first-order valence-electron chi connectivity index (χ1n) is 10.8. The van der Waals surface area contributed by atoms with Gasteiger partial charge in [0.2, 0.25) is 0 Å². The summed E-state index contributed by atoms with van der Waals surface area (Å²) in [5.41, 5.74) is 0.690. The van der Waals surface area contributed by atoms with E-state index in [0.717, 1.165) is 11.6 Å². The molecule has 4 aromatic heterocycles. The number of amides is 1. The van der Waals surface area contributed by atoms with Crippen LogP contribution in [-0.4, -0.2) is 30.3 Å². The molecule has 0 aliphatic carbocycles. The molecule has 5 rings (SSSR count). The molecule has 5 aromatic rings. The molecule has 4 heterocycles. The van der Waals surface area contributed by atoms with Crippen LogP contribution in [0.3, 0.4) is 0 Å². The summed E-state index contributed by atoms with van der Waals surface area (Å²) in [6.07, 6.45) is -4.76. The van der Waals surface area contributed by atoms with E-state index in [-0.39, 0.29) is 22.1 Å². The van der Waals surface area contributed by atoms with Gasteiger partial charge in [0, 0.05) is 5.02 Å². The second-order valence-electron chi connectivity index (χ2n) is 8.15. The summed E-state index contributed by atoms with van der Waals surface area (Å²) in [7, 11) is 0. The zero-order chi connectivity index (χ0) is 26.5. The highest BCUT2D eigenvalue weighted by Crippen LogP contribution is 2.36. The number of anilines is 1. The van der Waals surface area contributed by atoms with E-state index < -0.39 is 17.8 Å². The van der Waals surface area contributed by atoms with Crippen molar-refractivity contribution in [3.63, 3.8) is 0 Å². The van der Waals surface area contributed by atoms with Crippen molar-refractivity contribution in [3.8, 4) is 10.6 Å². The first kappa shape index (κ1) is 25.2. The molecule has 1 N–H and O–H groups in total. The van der Waals surface area contributed by atoms with Crippen LogP contribution in [0.15, 0.2) is 47.8 Å². The van der Waals surface area contributed by atoms with Crippen molar-refractivity contribution in [1.82, 2.24) is 24.4 Å². The van der Waals surface area contributed by atoms with E-state index >= 15 is 0 Å². The fourth-order valence-electron chi connectivity index (χ4n) is 3.88. The van der Waals surface area contributed by atoms with Gasteiger partial charge in [0.15, 0.2) is 17.0 Å². The molecule has 0 atom stereocenters. The molecule has 0 radical (unpaired) electrons. The van der Waals surface area contributed by atoms with Crippen LogP contribution in [0.25, 0.3) is 16.2 Å². The zero-order valence-electron chi connectivity index (χ0n) is 19.3. The van der Waals surface area contributed by atoms with Crippen molar-refractivity contribution in [2.45, 2.75) is 26.6 Å².